The molecule has 1 heterocycles. The van der Waals surface area contributed by atoms with Gasteiger partial charge in [0.25, 0.3) is 0 Å². The van der Waals surface area contributed by atoms with Gasteiger partial charge in [-0.05, 0) is 67.3 Å². The smallest absolute Gasteiger partial charge is 0.119 e. The first kappa shape index (κ1) is 19.3. The number of hydrogen-bond donors (Lipinski definition) is 0. The molecule has 0 aromatic heterocycles. The number of aryl methyl sites for hydroxylation is 1. The maximum absolute atomic E-state index is 6.17. The summed E-state index contributed by atoms with van der Waals surface area (Å²) in [5.41, 5.74) is 4.69. The maximum Gasteiger partial charge on any atom is 0.119 e. The molecule has 1 saturated heterocycles. The lowest BCUT2D eigenvalue weighted by atomic mass is 10.1. The van der Waals surface area contributed by atoms with Gasteiger partial charge in [-0.3, -0.25) is 4.90 Å². The first-order chi connectivity index (χ1) is 14.2. The molecule has 2 heteroatoms. The Morgan fingerprint density at radius 2 is 1.52 bits per heavy atom. The number of hydrogen-bond acceptors (Lipinski definition) is 2. The molecule has 3 aromatic rings. The molecule has 0 amide bonds. The Morgan fingerprint density at radius 3 is 2.21 bits per heavy atom. The van der Waals surface area contributed by atoms with Crippen LogP contribution in [0.2, 0.25) is 0 Å². The van der Waals surface area contributed by atoms with E-state index in [1.165, 1.54) is 11.1 Å². The van der Waals surface area contributed by atoms with E-state index in [-0.39, 0.29) is 0 Å². The predicted molar refractivity (Wildman–Crippen MR) is 119 cm³/mol. The van der Waals surface area contributed by atoms with Crippen molar-refractivity contribution in [3.05, 3.63) is 101 Å². The molecule has 0 spiro atoms. The minimum Gasteiger partial charge on any atom is -0.490 e. The van der Waals surface area contributed by atoms with Crippen molar-refractivity contribution in [2.24, 2.45) is 0 Å². The molecule has 146 valence electrons. The molecule has 2 nitrogen and oxygen atoms in total. The minimum absolute atomic E-state index is 0.323. The van der Waals surface area contributed by atoms with Crippen molar-refractivity contribution < 1.29 is 4.74 Å². The number of benzene rings is 3. The van der Waals surface area contributed by atoms with E-state index in [9.17, 15) is 0 Å². The highest BCUT2D eigenvalue weighted by Gasteiger charge is 2.20. The lowest BCUT2D eigenvalue weighted by Crippen LogP contribution is -2.37. The third kappa shape index (κ3) is 5.73. The van der Waals surface area contributed by atoms with Gasteiger partial charge in [0, 0.05) is 30.8 Å². The number of likely N-dealkylation sites (tertiary alicyclic amines) is 1. The van der Waals surface area contributed by atoms with Crippen LogP contribution >= 0.6 is 0 Å². The molecule has 0 unspecified atom stereocenters. The van der Waals surface area contributed by atoms with Crippen molar-refractivity contribution in [1.82, 2.24) is 4.90 Å². The van der Waals surface area contributed by atoms with Crippen molar-refractivity contribution in [1.29, 1.82) is 0 Å². The molecular weight excluding hydrogens is 354 g/mol. The molecule has 1 aliphatic heterocycles. The van der Waals surface area contributed by atoms with Crippen molar-refractivity contribution in [2.45, 2.75) is 32.4 Å². The summed E-state index contributed by atoms with van der Waals surface area (Å²) >= 11 is 0. The average molecular weight is 382 g/mol. The zero-order valence-electron chi connectivity index (χ0n) is 17.0. The molecule has 0 N–H and O–H groups in total. The van der Waals surface area contributed by atoms with Gasteiger partial charge in [0.15, 0.2) is 0 Å². The summed E-state index contributed by atoms with van der Waals surface area (Å²) in [5.74, 6) is 7.46. The maximum atomic E-state index is 6.17. The van der Waals surface area contributed by atoms with Crippen LogP contribution in [0.15, 0.2) is 78.9 Å². The summed E-state index contributed by atoms with van der Waals surface area (Å²) in [6.07, 6.45) is 2.48. The molecular formula is C27H27NO. The van der Waals surface area contributed by atoms with Gasteiger partial charge in [-0.2, -0.15) is 0 Å². The van der Waals surface area contributed by atoms with Gasteiger partial charge in [-0.15, -0.1) is 0 Å². The molecule has 1 fully saturated rings. The second-order valence-corrected chi connectivity index (χ2v) is 7.72. The summed E-state index contributed by atoms with van der Waals surface area (Å²) in [6.45, 7) is 5.25. The van der Waals surface area contributed by atoms with E-state index in [0.717, 1.165) is 49.4 Å². The SMILES string of the molecule is Cc1cccc(OC2CCN(Cc3ccc(C#Cc4ccccc4)cc3)CC2)c1. The highest BCUT2D eigenvalue weighted by Crippen LogP contribution is 2.21. The third-order valence-corrected chi connectivity index (χ3v) is 5.31. The standard InChI is InChI=1S/C27H27NO/c1-22-6-5-9-27(20-22)29-26-16-18-28(19-17-26)21-25-14-12-24(13-15-25)11-10-23-7-3-2-4-8-23/h2-9,12-15,20,26H,16-19,21H2,1H3. The Bertz CT molecular complexity index is 974. The largest absolute Gasteiger partial charge is 0.490 e. The Labute approximate surface area is 174 Å². The fourth-order valence-electron chi connectivity index (χ4n) is 3.68. The quantitative estimate of drug-likeness (QED) is 0.558. The Kier molecular flexibility index (Phi) is 6.29. The molecule has 4 rings (SSSR count). The van der Waals surface area contributed by atoms with E-state index in [1.54, 1.807) is 0 Å². The van der Waals surface area contributed by atoms with E-state index in [4.69, 9.17) is 4.74 Å². The predicted octanol–water partition coefficient (Wildman–Crippen LogP) is 5.44. The van der Waals surface area contributed by atoms with Crippen molar-refractivity contribution >= 4 is 0 Å². The van der Waals surface area contributed by atoms with Gasteiger partial charge >= 0.3 is 0 Å². The zero-order chi connectivity index (χ0) is 19.9. The minimum atomic E-state index is 0.323. The average Bonchev–Trinajstić information content (AvgIpc) is 2.75. The molecule has 0 bridgehead atoms. The Balaban J connectivity index is 1.27. The van der Waals surface area contributed by atoms with Gasteiger partial charge in [-0.25, -0.2) is 0 Å². The van der Waals surface area contributed by atoms with Crippen molar-refractivity contribution in [2.75, 3.05) is 13.1 Å². The van der Waals surface area contributed by atoms with Crippen molar-refractivity contribution in [3.8, 4) is 17.6 Å². The molecule has 3 aromatic carbocycles. The number of ether oxygens (including phenoxy) is 1. The lowest BCUT2D eigenvalue weighted by Gasteiger charge is -2.32. The number of piperidine rings is 1. The second kappa shape index (κ2) is 9.45. The van der Waals surface area contributed by atoms with Crippen LogP contribution in [-0.4, -0.2) is 24.1 Å². The molecule has 0 atom stereocenters. The molecule has 0 aliphatic carbocycles. The zero-order valence-corrected chi connectivity index (χ0v) is 17.0. The third-order valence-electron chi connectivity index (χ3n) is 5.31. The highest BCUT2D eigenvalue weighted by atomic mass is 16.5. The molecule has 0 radical (unpaired) electrons. The lowest BCUT2D eigenvalue weighted by molar-refractivity contribution is 0.0968. The fourth-order valence-corrected chi connectivity index (χ4v) is 3.68. The highest BCUT2D eigenvalue weighted by molar-refractivity contribution is 5.43. The van der Waals surface area contributed by atoms with Crippen molar-refractivity contribution in [3.63, 3.8) is 0 Å². The van der Waals surface area contributed by atoms with Crippen LogP contribution in [-0.2, 0) is 6.54 Å². The summed E-state index contributed by atoms with van der Waals surface area (Å²) < 4.78 is 6.17. The van der Waals surface area contributed by atoms with Crippen LogP contribution in [0.4, 0.5) is 0 Å². The van der Waals surface area contributed by atoms with Gasteiger partial charge in [0.1, 0.15) is 11.9 Å². The molecule has 1 aliphatic rings. The van der Waals surface area contributed by atoms with Gasteiger partial charge in [0.2, 0.25) is 0 Å². The topological polar surface area (TPSA) is 12.5 Å². The van der Waals surface area contributed by atoms with Gasteiger partial charge < -0.3 is 4.74 Å². The summed E-state index contributed by atoms with van der Waals surface area (Å²) in [4.78, 5) is 2.51. The van der Waals surface area contributed by atoms with E-state index >= 15 is 0 Å². The fraction of sp³-hybridized carbons (Fsp3) is 0.259. The Hall–Kier alpha value is -3.02. The van der Waals surface area contributed by atoms with E-state index < -0.39 is 0 Å². The van der Waals surface area contributed by atoms with E-state index in [0.29, 0.717) is 6.10 Å². The van der Waals surface area contributed by atoms with Crippen LogP contribution in [0.5, 0.6) is 5.75 Å². The second-order valence-electron chi connectivity index (χ2n) is 7.72. The van der Waals surface area contributed by atoms with E-state index in [1.807, 2.05) is 30.3 Å². The Morgan fingerprint density at radius 1 is 0.828 bits per heavy atom. The monoisotopic (exact) mass is 381 g/mol. The van der Waals surface area contributed by atoms with Gasteiger partial charge in [-0.1, -0.05) is 54.3 Å². The molecule has 29 heavy (non-hydrogen) atoms. The van der Waals surface area contributed by atoms with E-state index in [2.05, 4.69) is 72.2 Å². The van der Waals surface area contributed by atoms with Crippen LogP contribution in [0.25, 0.3) is 0 Å². The number of nitrogens with zero attached hydrogens (tertiary/aromatic N) is 1. The first-order valence-corrected chi connectivity index (χ1v) is 10.4. The van der Waals surface area contributed by atoms with Crippen LogP contribution < -0.4 is 4.74 Å². The summed E-state index contributed by atoms with van der Waals surface area (Å²) in [7, 11) is 0. The van der Waals surface area contributed by atoms with Crippen LogP contribution in [0, 0.1) is 18.8 Å². The number of rotatable bonds is 4. The summed E-state index contributed by atoms with van der Waals surface area (Å²) in [5, 5.41) is 0. The normalized spacial score (nSPS) is 14.8. The van der Waals surface area contributed by atoms with Crippen LogP contribution in [0.1, 0.15) is 35.1 Å². The van der Waals surface area contributed by atoms with Gasteiger partial charge in [0.05, 0.1) is 0 Å². The van der Waals surface area contributed by atoms with Crippen LogP contribution in [0.3, 0.4) is 0 Å². The molecule has 0 saturated carbocycles. The first-order valence-electron chi connectivity index (χ1n) is 10.4. The summed E-state index contributed by atoms with van der Waals surface area (Å²) in [6, 6.07) is 27.1.